The highest BCUT2D eigenvalue weighted by molar-refractivity contribution is 5.84. The molecule has 0 aliphatic rings. The zero-order chi connectivity index (χ0) is 29.3. The Kier molecular flexibility index (Phi) is 7.91. The monoisotopic (exact) mass is 566 g/mol. The summed E-state index contributed by atoms with van der Waals surface area (Å²) >= 11 is 0. The number of hydrogen-bond donors (Lipinski definition) is 0. The third-order valence-corrected chi connectivity index (χ3v) is 5.55. The first-order chi connectivity index (χ1) is 18.9. The normalized spacial score (nSPS) is 11.6. The molecule has 0 saturated heterocycles. The van der Waals surface area contributed by atoms with E-state index in [0.29, 0.717) is 12.1 Å². The summed E-state index contributed by atoms with van der Waals surface area (Å²) in [5.41, 5.74) is -5.18. The lowest BCUT2D eigenvalue weighted by molar-refractivity contribution is 0.409. The maximum absolute atomic E-state index is 14.8. The van der Waals surface area contributed by atoms with E-state index in [4.69, 9.17) is 4.74 Å². The van der Waals surface area contributed by atoms with Crippen molar-refractivity contribution in [3.8, 4) is 28.7 Å². The smallest absolute Gasteiger partial charge is 0.194 e. The average Bonchev–Trinajstić information content (AvgIpc) is 2.89. The zero-order valence-corrected chi connectivity index (χ0v) is 19.9. The van der Waals surface area contributed by atoms with Crippen molar-refractivity contribution in [3.63, 3.8) is 0 Å². The summed E-state index contributed by atoms with van der Waals surface area (Å²) in [6.07, 6.45) is 0. The van der Waals surface area contributed by atoms with Crippen LogP contribution in [0.25, 0.3) is 22.8 Å². The molecule has 0 N–H and O–H groups in total. The third-order valence-electron chi connectivity index (χ3n) is 5.55. The fourth-order valence-corrected chi connectivity index (χ4v) is 3.70. The Labute approximate surface area is 220 Å². The van der Waals surface area contributed by atoms with E-state index in [-0.39, 0.29) is 35.6 Å². The minimum absolute atomic E-state index is 0.0290. The van der Waals surface area contributed by atoms with Gasteiger partial charge in [0.05, 0.1) is 18.2 Å². The quantitative estimate of drug-likeness (QED) is 0.104. The van der Waals surface area contributed by atoms with Gasteiger partial charge in [0.2, 0.25) is 0 Å². The maximum Gasteiger partial charge on any atom is 0.194 e. The predicted molar refractivity (Wildman–Crippen MR) is 126 cm³/mol. The molecule has 0 amide bonds. The number of benzene rings is 4. The molecule has 4 aromatic rings. The van der Waals surface area contributed by atoms with Gasteiger partial charge in [-0.1, -0.05) is 17.9 Å². The molecule has 0 aromatic heterocycles. The van der Waals surface area contributed by atoms with Gasteiger partial charge in [0.1, 0.15) is 40.4 Å². The van der Waals surface area contributed by atoms with Crippen molar-refractivity contribution in [1.82, 2.24) is 0 Å². The minimum atomic E-state index is -2.17. The lowest BCUT2D eigenvalue weighted by Gasteiger charge is -2.10. The van der Waals surface area contributed by atoms with Crippen molar-refractivity contribution < 1.29 is 48.6 Å². The van der Waals surface area contributed by atoms with Crippen LogP contribution in [-0.2, 0) is 0 Å². The van der Waals surface area contributed by atoms with Crippen molar-refractivity contribution in [3.05, 3.63) is 123 Å². The predicted octanol–water partition coefficient (Wildman–Crippen LogP) is 8.64. The largest absolute Gasteiger partial charge is 0.495 e. The summed E-state index contributed by atoms with van der Waals surface area (Å²) in [5, 5.41) is 0. The molecular weight excluding hydrogens is 554 g/mol. The number of ether oxygens (including phenoxy) is 1. The second-order valence-electron chi connectivity index (χ2n) is 8.08. The molecule has 0 aliphatic heterocycles. The molecule has 4 aromatic carbocycles. The number of hydrogen-bond acceptors (Lipinski definition) is 1. The second kappa shape index (κ2) is 11.2. The van der Waals surface area contributed by atoms with Crippen LogP contribution in [0.1, 0.15) is 22.3 Å². The Balaban J connectivity index is 1.73. The Morgan fingerprint density at radius 2 is 1.20 bits per heavy atom. The molecule has 1 nitrogen and oxygen atoms in total. The summed E-state index contributed by atoms with van der Waals surface area (Å²) in [6.45, 7) is 0. The number of rotatable bonds is 4. The van der Waals surface area contributed by atoms with Crippen molar-refractivity contribution in [2.75, 3.05) is 7.11 Å². The van der Waals surface area contributed by atoms with Crippen molar-refractivity contribution in [1.29, 1.82) is 0 Å². The molecule has 11 heteroatoms. The summed E-state index contributed by atoms with van der Waals surface area (Å²) in [5.74, 6) is -12.4. The Morgan fingerprint density at radius 1 is 0.625 bits per heavy atom. The molecule has 0 unspecified atom stereocenters. The van der Waals surface area contributed by atoms with Crippen LogP contribution in [0.2, 0.25) is 0 Å². The van der Waals surface area contributed by atoms with Gasteiger partial charge in [-0.05, 0) is 54.1 Å². The highest BCUT2D eigenvalue weighted by Gasteiger charge is 2.24. The van der Waals surface area contributed by atoms with Gasteiger partial charge in [-0.25, -0.2) is 43.9 Å². The molecule has 204 valence electrons. The number of methoxy groups -OCH3 is 1. The van der Waals surface area contributed by atoms with E-state index in [1.165, 1.54) is 19.2 Å². The first-order valence-electron chi connectivity index (χ1n) is 11.0. The number of halogens is 10. The van der Waals surface area contributed by atoms with Gasteiger partial charge in [-0.3, -0.25) is 0 Å². The maximum atomic E-state index is 14.8. The lowest BCUT2D eigenvalue weighted by Crippen LogP contribution is -1.99. The first kappa shape index (κ1) is 28.3. The lowest BCUT2D eigenvalue weighted by atomic mass is 10.00. The fraction of sp³-hybridized carbons (Fsp3) is 0.0345. The minimum Gasteiger partial charge on any atom is -0.495 e. The van der Waals surface area contributed by atoms with E-state index < -0.39 is 86.0 Å². The van der Waals surface area contributed by atoms with Crippen molar-refractivity contribution in [2.24, 2.45) is 0 Å². The zero-order valence-electron chi connectivity index (χ0n) is 19.9. The molecule has 0 atom stereocenters. The Hall–Kier alpha value is -4.72. The van der Waals surface area contributed by atoms with E-state index in [1.807, 2.05) is 0 Å². The van der Waals surface area contributed by atoms with Crippen LogP contribution in [0.4, 0.5) is 43.9 Å². The van der Waals surface area contributed by atoms with Crippen LogP contribution in [0.3, 0.4) is 0 Å². The van der Waals surface area contributed by atoms with Gasteiger partial charge >= 0.3 is 0 Å². The fourth-order valence-electron chi connectivity index (χ4n) is 3.70. The van der Waals surface area contributed by atoms with Gasteiger partial charge in [-0.2, -0.15) is 0 Å². The van der Waals surface area contributed by atoms with Crippen molar-refractivity contribution >= 4 is 11.7 Å². The van der Waals surface area contributed by atoms with Crippen LogP contribution >= 0.6 is 0 Å². The SMILES string of the molecule is COc1cccc(F)c1C#Cc1cc(F)c(/C(F)=C(\F)c2cc(F)c(-c3cc(F)c(F)c(F)c3)c(F)c2)c(F)c1. The van der Waals surface area contributed by atoms with E-state index in [1.54, 1.807) is 0 Å². The van der Waals surface area contributed by atoms with E-state index in [0.717, 1.165) is 6.07 Å². The van der Waals surface area contributed by atoms with Crippen molar-refractivity contribution in [2.45, 2.75) is 0 Å². The summed E-state index contributed by atoms with van der Waals surface area (Å²) < 4.78 is 147. The van der Waals surface area contributed by atoms with Crippen LogP contribution in [0.15, 0.2) is 54.6 Å². The second-order valence-corrected chi connectivity index (χ2v) is 8.08. The standard InChI is InChI=1S/C29H12F10O/c1-40-24-4-2-3-17(30)16(24)6-5-13-7-18(31)26(19(32)8-13)29(39)27(37)15-11-20(33)25(21(34)12-15)14-9-22(35)28(38)23(36)10-14/h2-4,7-12H,1H3/b29-27+. The molecule has 40 heavy (non-hydrogen) atoms. The van der Waals surface area contributed by atoms with E-state index in [2.05, 4.69) is 11.8 Å². The van der Waals surface area contributed by atoms with Gasteiger partial charge in [0, 0.05) is 11.1 Å². The third kappa shape index (κ3) is 5.38. The molecule has 0 radical (unpaired) electrons. The van der Waals surface area contributed by atoms with Crippen LogP contribution in [0.5, 0.6) is 5.75 Å². The van der Waals surface area contributed by atoms with E-state index in [9.17, 15) is 43.9 Å². The van der Waals surface area contributed by atoms with Gasteiger partial charge in [0.25, 0.3) is 0 Å². The molecule has 4 rings (SSSR count). The van der Waals surface area contributed by atoms with Gasteiger partial charge in [0.15, 0.2) is 29.1 Å². The molecule has 0 aliphatic carbocycles. The first-order valence-corrected chi connectivity index (χ1v) is 11.0. The average molecular weight is 566 g/mol. The molecule has 0 spiro atoms. The van der Waals surface area contributed by atoms with Crippen LogP contribution < -0.4 is 4.74 Å². The van der Waals surface area contributed by atoms with Crippen LogP contribution in [-0.4, -0.2) is 7.11 Å². The highest BCUT2D eigenvalue weighted by atomic mass is 19.2. The van der Waals surface area contributed by atoms with Gasteiger partial charge < -0.3 is 4.74 Å². The van der Waals surface area contributed by atoms with Gasteiger partial charge in [-0.15, -0.1) is 0 Å². The molecule has 0 bridgehead atoms. The van der Waals surface area contributed by atoms with E-state index >= 15 is 0 Å². The molecular formula is C29H12F10O. The summed E-state index contributed by atoms with van der Waals surface area (Å²) in [7, 11) is 1.24. The highest BCUT2D eigenvalue weighted by Crippen LogP contribution is 2.36. The Bertz CT molecular complexity index is 1680. The molecule has 0 fully saturated rings. The van der Waals surface area contributed by atoms with Crippen LogP contribution in [0, 0.1) is 58.4 Å². The topological polar surface area (TPSA) is 9.23 Å². The molecule has 0 saturated carbocycles. The summed E-state index contributed by atoms with van der Waals surface area (Å²) in [4.78, 5) is 0. The Morgan fingerprint density at radius 3 is 1.75 bits per heavy atom. The summed E-state index contributed by atoms with van der Waals surface area (Å²) in [6, 6.07) is 5.82. The molecule has 0 heterocycles.